The summed E-state index contributed by atoms with van der Waals surface area (Å²) in [6, 6.07) is 14.5. The molecule has 1 fully saturated rings. The zero-order valence-corrected chi connectivity index (χ0v) is 11.8. The van der Waals surface area contributed by atoms with Crippen molar-refractivity contribution in [1.29, 1.82) is 0 Å². The fraction of sp³-hybridized carbons (Fsp3) is 0.294. The molecule has 0 aromatic heterocycles. The second-order valence-corrected chi connectivity index (χ2v) is 5.17. The van der Waals surface area contributed by atoms with Gasteiger partial charge in [-0.2, -0.15) is 0 Å². The number of nitrogens with zero attached hydrogens (tertiary/aromatic N) is 1. The largest absolute Gasteiger partial charge is 0.495 e. The number of hydrogen-bond donors (Lipinski definition) is 1. The van der Waals surface area contributed by atoms with Crippen LogP contribution in [0.5, 0.6) is 5.75 Å². The zero-order valence-electron chi connectivity index (χ0n) is 11.8. The summed E-state index contributed by atoms with van der Waals surface area (Å²) >= 11 is 0. The van der Waals surface area contributed by atoms with E-state index in [1.165, 1.54) is 29.7 Å². The van der Waals surface area contributed by atoms with E-state index in [1.807, 2.05) is 12.1 Å². The molecule has 1 heterocycles. The first-order valence-electron chi connectivity index (χ1n) is 7.07. The molecule has 1 saturated heterocycles. The average Bonchev–Trinajstić information content (AvgIpc) is 3.02. The van der Waals surface area contributed by atoms with E-state index in [0.717, 1.165) is 18.8 Å². The molecule has 3 rings (SSSR count). The van der Waals surface area contributed by atoms with E-state index in [4.69, 9.17) is 10.5 Å². The van der Waals surface area contributed by atoms with Gasteiger partial charge in [-0.05, 0) is 24.5 Å². The second kappa shape index (κ2) is 5.45. The third-order valence-corrected chi connectivity index (χ3v) is 3.88. The third kappa shape index (κ3) is 2.31. The molecule has 0 spiro atoms. The first-order chi connectivity index (χ1) is 9.79. The Morgan fingerprint density at radius 3 is 2.40 bits per heavy atom. The Morgan fingerprint density at radius 1 is 1.05 bits per heavy atom. The molecule has 0 saturated carbocycles. The average molecular weight is 268 g/mol. The van der Waals surface area contributed by atoms with Crippen molar-refractivity contribution < 1.29 is 4.74 Å². The molecule has 3 nitrogen and oxygen atoms in total. The van der Waals surface area contributed by atoms with Gasteiger partial charge in [0.15, 0.2) is 0 Å². The van der Waals surface area contributed by atoms with E-state index < -0.39 is 0 Å². The van der Waals surface area contributed by atoms with Crippen LogP contribution in [0.25, 0.3) is 11.1 Å². The minimum atomic E-state index is 0.689. The van der Waals surface area contributed by atoms with Gasteiger partial charge >= 0.3 is 0 Å². The number of nitrogen functional groups attached to an aromatic ring is 1. The van der Waals surface area contributed by atoms with Crippen molar-refractivity contribution in [3.05, 3.63) is 42.5 Å². The van der Waals surface area contributed by atoms with Crippen LogP contribution < -0.4 is 15.4 Å². The van der Waals surface area contributed by atoms with Crippen LogP contribution in [0.15, 0.2) is 42.5 Å². The summed E-state index contributed by atoms with van der Waals surface area (Å²) in [6.07, 6.45) is 2.50. The third-order valence-electron chi connectivity index (χ3n) is 3.88. The first-order valence-corrected chi connectivity index (χ1v) is 7.07. The number of rotatable bonds is 3. The van der Waals surface area contributed by atoms with Crippen LogP contribution in [0, 0.1) is 0 Å². The van der Waals surface area contributed by atoms with Crippen LogP contribution in [-0.4, -0.2) is 20.2 Å². The maximum absolute atomic E-state index is 6.09. The molecule has 1 aliphatic rings. The van der Waals surface area contributed by atoms with Crippen molar-refractivity contribution >= 4 is 11.4 Å². The highest BCUT2D eigenvalue weighted by molar-refractivity contribution is 5.84. The van der Waals surface area contributed by atoms with Gasteiger partial charge in [0.25, 0.3) is 0 Å². The highest BCUT2D eigenvalue weighted by atomic mass is 16.5. The number of methoxy groups -OCH3 is 1. The molecule has 0 unspecified atom stereocenters. The van der Waals surface area contributed by atoms with Gasteiger partial charge in [0.1, 0.15) is 5.75 Å². The van der Waals surface area contributed by atoms with Gasteiger partial charge in [-0.1, -0.05) is 30.3 Å². The van der Waals surface area contributed by atoms with E-state index >= 15 is 0 Å². The summed E-state index contributed by atoms with van der Waals surface area (Å²) in [7, 11) is 1.67. The van der Waals surface area contributed by atoms with E-state index in [-0.39, 0.29) is 0 Å². The molecule has 2 aromatic rings. The summed E-state index contributed by atoms with van der Waals surface area (Å²) in [5.74, 6) is 0.756. The van der Waals surface area contributed by atoms with Gasteiger partial charge in [-0.15, -0.1) is 0 Å². The van der Waals surface area contributed by atoms with Crippen molar-refractivity contribution in [3.8, 4) is 16.9 Å². The number of anilines is 2. The second-order valence-electron chi connectivity index (χ2n) is 5.17. The Hall–Kier alpha value is -2.16. The minimum absolute atomic E-state index is 0.689. The predicted molar refractivity (Wildman–Crippen MR) is 84.3 cm³/mol. The van der Waals surface area contributed by atoms with Gasteiger partial charge in [-0.25, -0.2) is 0 Å². The molecular weight excluding hydrogens is 248 g/mol. The Balaban J connectivity index is 2.13. The van der Waals surface area contributed by atoms with E-state index in [9.17, 15) is 0 Å². The lowest BCUT2D eigenvalue weighted by Crippen LogP contribution is -2.18. The predicted octanol–water partition coefficient (Wildman–Crippen LogP) is 3.54. The quantitative estimate of drug-likeness (QED) is 0.865. The molecule has 0 aliphatic carbocycles. The van der Waals surface area contributed by atoms with Gasteiger partial charge in [-0.3, -0.25) is 0 Å². The van der Waals surface area contributed by atoms with Crippen molar-refractivity contribution in [1.82, 2.24) is 0 Å². The van der Waals surface area contributed by atoms with Crippen molar-refractivity contribution in [3.63, 3.8) is 0 Å². The van der Waals surface area contributed by atoms with Crippen LogP contribution in [0.4, 0.5) is 11.4 Å². The molecule has 0 atom stereocenters. The van der Waals surface area contributed by atoms with Crippen LogP contribution in [-0.2, 0) is 0 Å². The van der Waals surface area contributed by atoms with E-state index in [2.05, 4.69) is 35.2 Å². The van der Waals surface area contributed by atoms with Gasteiger partial charge in [0, 0.05) is 30.4 Å². The van der Waals surface area contributed by atoms with Crippen molar-refractivity contribution in [2.45, 2.75) is 12.8 Å². The lowest BCUT2D eigenvalue weighted by Gasteiger charge is -2.23. The van der Waals surface area contributed by atoms with Crippen LogP contribution in [0.1, 0.15) is 12.8 Å². The summed E-state index contributed by atoms with van der Waals surface area (Å²) in [5.41, 5.74) is 10.4. The van der Waals surface area contributed by atoms with Gasteiger partial charge in [0.05, 0.1) is 12.8 Å². The molecule has 104 valence electrons. The van der Waals surface area contributed by atoms with Crippen molar-refractivity contribution in [2.75, 3.05) is 30.8 Å². The molecule has 2 N–H and O–H groups in total. The van der Waals surface area contributed by atoms with Crippen LogP contribution in [0.3, 0.4) is 0 Å². The first kappa shape index (κ1) is 12.9. The molecule has 0 radical (unpaired) electrons. The number of nitrogens with two attached hydrogens (primary N) is 1. The molecule has 0 amide bonds. The number of hydrogen-bond acceptors (Lipinski definition) is 3. The standard InChI is InChI=1S/C17H20N2O/c1-20-17-12-16(19-9-5-6-10-19)14(11-15(17)18)13-7-3-2-4-8-13/h2-4,7-8,11-12H,5-6,9-10,18H2,1H3. The SMILES string of the molecule is COc1cc(N2CCCC2)c(-c2ccccc2)cc1N. The molecule has 0 bridgehead atoms. The lowest BCUT2D eigenvalue weighted by molar-refractivity contribution is 0.417. The van der Waals surface area contributed by atoms with Gasteiger partial charge < -0.3 is 15.4 Å². The van der Waals surface area contributed by atoms with Crippen LogP contribution >= 0.6 is 0 Å². The fourth-order valence-electron chi connectivity index (χ4n) is 2.83. The Bertz CT molecular complexity index is 589. The maximum Gasteiger partial charge on any atom is 0.143 e. The molecule has 20 heavy (non-hydrogen) atoms. The Morgan fingerprint density at radius 2 is 1.75 bits per heavy atom. The fourth-order valence-corrected chi connectivity index (χ4v) is 2.83. The molecule has 1 aliphatic heterocycles. The molecule has 3 heteroatoms. The lowest BCUT2D eigenvalue weighted by atomic mass is 10.0. The van der Waals surface area contributed by atoms with Gasteiger partial charge in [0.2, 0.25) is 0 Å². The zero-order chi connectivity index (χ0) is 13.9. The summed E-state index contributed by atoms with van der Waals surface area (Å²) < 4.78 is 5.38. The molecular formula is C17H20N2O. The number of benzene rings is 2. The number of ether oxygens (including phenoxy) is 1. The Labute approximate surface area is 120 Å². The summed E-state index contributed by atoms with van der Waals surface area (Å²) in [4.78, 5) is 2.42. The minimum Gasteiger partial charge on any atom is -0.495 e. The Kier molecular flexibility index (Phi) is 3.50. The van der Waals surface area contributed by atoms with Crippen LogP contribution in [0.2, 0.25) is 0 Å². The summed E-state index contributed by atoms with van der Waals surface area (Å²) in [5, 5.41) is 0. The highest BCUT2D eigenvalue weighted by Gasteiger charge is 2.18. The smallest absolute Gasteiger partial charge is 0.143 e. The van der Waals surface area contributed by atoms with E-state index in [1.54, 1.807) is 7.11 Å². The van der Waals surface area contributed by atoms with E-state index in [0.29, 0.717) is 5.69 Å². The monoisotopic (exact) mass is 268 g/mol. The topological polar surface area (TPSA) is 38.5 Å². The molecule has 2 aromatic carbocycles. The highest BCUT2D eigenvalue weighted by Crippen LogP contribution is 2.39. The normalized spacial score (nSPS) is 14.6. The van der Waals surface area contributed by atoms with Crippen molar-refractivity contribution in [2.24, 2.45) is 0 Å². The summed E-state index contributed by atoms with van der Waals surface area (Å²) in [6.45, 7) is 2.21. The maximum atomic E-state index is 6.09.